The van der Waals surface area contributed by atoms with Gasteiger partial charge in [0.2, 0.25) is 0 Å². The minimum atomic E-state index is 0.443. The third kappa shape index (κ3) is 3.82. The Bertz CT molecular complexity index is 350. The van der Waals surface area contributed by atoms with Crippen LogP contribution in [0.4, 0.5) is 5.82 Å². The number of rotatable bonds is 4. The second-order valence-corrected chi connectivity index (χ2v) is 4.87. The first kappa shape index (κ1) is 12.6. The van der Waals surface area contributed by atoms with E-state index in [0.29, 0.717) is 11.2 Å². The van der Waals surface area contributed by atoms with Crippen LogP contribution in [0.1, 0.15) is 26.2 Å². The highest BCUT2D eigenvalue weighted by Gasteiger charge is 2.18. The fourth-order valence-electron chi connectivity index (χ4n) is 2.24. The smallest absolute Gasteiger partial charge is 0.149 e. The quantitative estimate of drug-likeness (QED) is 0.896. The first-order chi connectivity index (χ1) is 8.28. The van der Waals surface area contributed by atoms with E-state index in [9.17, 15) is 0 Å². The van der Waals surface area contributed by atoms with Crippen molar-refractivity contribution >= 4 is 17.4 Å². The highest BCUT2D eigenvalue weighted by Crippen LogP contribution is 2.15. The summed E-state index contributed by atoms with van der Waals surface area (Å²) in [5.41, 5.74) is 0. The molecule has 0 spiro atoms. The fraction of sp³-hybridized carbons (Fsp3) is 0.667. The highest BCUT2D eigenvalue weighted by atomic mass is 35.5. The van der Waals surface area contributed by atoms with Crippen molar-refractivity contribution in [2.24, 2.45) is 0 Å². The third-order valence-electron chi connectivity index (χ3n) is 3.08. The van der Waals surface area contributed by atoms with Crippen molar-refractivity contribution in [2.75, 3.05) is 25.0 Å². The van der Waals surface area contributed by atoms with Crippen LogP contribution in [0.25, 0.3) is 0 Å². The molecule has 0 saturated carbocycles. The molecule has 1 aliphatic rings. The Balaban J connectivity index is 1.82. The van der Waals surface area contributed by atoms with Gasteiger partial charge in [0, 0.05) is 19.1 Å². The van der Waals surface area contributed by atoms with E-state index in [4.69, 9.17) is 11.6 Å². The van der Waals surface area contributed by atoms with Crippen molar-refractivity contribution in [3.8, 4) is 0 Å². The molecular weight excluding hydrogens is 236 g/mol. The number of hydrogen-bond acceptors (Lipinski definition) is 4. The number of piperidine rings is 1. The first-order valence-corrected chi connectivity index (χ1v) is 6.62. The second-order valence-electron chi connectivity index (χ2n) is 4.49. The van der Waals surface area contributed by atoms with Crippen molar-refractivity contribution in [1.29, 1.82) is 0 Å². The molecule has 1 aliphatic heterocycles. The Morgan fingerprint density at radius 1 is 1.41 bits per heavy atom. The Hall–Kier alpha value is -0.870. The zero-order valence-electron chi connectivity index (χ0n) is 10.2. The van der Waals surface area contributed by atoms with Gasteiger partial charge in [0.25, 0.3) is 0 Å². The molecule has 0 aromatic carbocycles. The Labute approximate surface area is 107 Å². The number of nitrogens with zero attached hydrogens (tertiary/aromatic N) is 3. The lowest BCUT2D eigenvalue weighted by atomic mass is 10.1. The molecule has 1 saturated heterocycles. The van der Waals surface area contributed by atoms with Crippen molar-refractivity contribution in [1.82, 2.24) is 14.9 Å². The maximum atomic E-state index is 5.81. The lowest BCUT2D eigenvalue weighted by Crippen LogP contribution is -2.39. The molecular formula is C12H19ClN4. The monoisotopic (exact) mass is 254 g/mol. The van der Waals surface area contributed by atoms with Gasteiger partial charge in [-0.15, -0.1) is 0 Å². The van der Waals surface area contributed by atoms with E-state index in [1.165, 1.54) is 26.1 Å². The summed E-state index contributed by atoms with van der Waals surface area (Å²) in [6.07, 6.45) is 6.83. The molecule has 5 heteroatoms. The maximum Gasteiger partial charge on any atom is 0.149 e. The number of nitrogens with one attached hydrogen (secondary N) is 1. The summed E-state index contributed by atoms with van der Waals surface area (Å²) in [5.74, 6) is 0.784. The topological polar surface area (TPSA) is 41.0 Å². The van der Waals surface area contributed by atoms with Crippen molar-refractivity contribution in [3.63, 3.8) is 0 Å². The molecule has 0 atom stereocenters. The molecule has 1 aromatic rings. The number of hydrogen-bond donors (Lipinski definition) is 1. The van der Waals surface area contributed by atoms with E-state index in [1.807, 2.05) is 0 Å². The van der Waals surface area contributed by atoms with Crippen LogP contribution >= 0.6 is 11.6 Å². The zero-order chi connectivity index (χ0) is 12.1. The van der Waals surface area contributed by atoms with Crippen LogP contribution in [0.3, 0.4) is 0 Å². The molecule has 0 bridgehead atoms. The van der Waals surface area contributed by atoms with E-state index < -0.39 is 0 Å². The van der Waals surface area contributed by atoms with Crippen LogP contribution in [0.5, 0.6) is 0 Å². The largest absolute Gasteiger partial charge is 0.366 e. The van der Waals surface area contributed by atoms with Crippen molar-refractivity contribution in [3.05, 3.63) is 17.5 Å². The standard InChI is InChI=1S/C12H19ClN4/c1-2-5-17-6-3-10(4-7-17)15-12-9-14-8-11(13)16-12/h8-10H,2-7H2,1H3,(H,15,16). The summed E-state index contributed by atoms with van der Waals surface area (Å²) in [5, 5.41) is 3.84. The summed E-state index contributed by atoms with van der Waals surface area (Å²) < 4.78 is 0. The first-order valence-electron chi connectivity index (χ1n) is 6.24. The summed E-state index contributed by atoms with van der Waals surface area (Å²) in [6, 6.07) is 0.496. The molecule has 2 heterocycles. The molecule has 0 radical (unpaired) electrons. The zero-order valence-corrected chi connectivity index (χ0v) is 11.0. The van der Waals surface area contributed by atoms with Gasteiger partial charge in [0.1, 0.15) is 11.0 Å². The van der Waals surface area contributed by atoms with E-state index in [-0.39, 0.29) is 0 Å². The summed E-state index contributed by atoms with van der Waals surface area (Å²) in [7, 11) is 0. The lowest BCUT2D eigenvalue weighted by Gasteiger charge is -2.32. The van der Waals surface area contributed by atoms with Gasteiger partial charge in [-0.1, -0.05) is 18.5 Å². The average molecular weight is 255 g/mol. The Kier molecular flexibility index (Phi) is 4.57. The fourth-order valence-corrected chi connectivity index (χ4v) is 2.39. The van der Waals surface area contributed by atoms with Crippen LogP contribution in [0, 0.1) is 0 Å². The normalized spacial score (nSPS) is 18.2. The minimum absolute atomic E-state index is 0.443. The van der Waals surface area contributed by atoms with Crippen molar-refractivity contribution < 1.29 is 0 Å². The third-order valence-corrected chi connectivity index (χ3v) is 3.27. The number of halogens is 1. The summed E-state index contributed by atoms with van der Waals surface area (Å²) in [6.45, 7) is 5.77. The minimum Gasteiger partial charge on any atom is -0.366 e. The van der Waals surface area contributed by atoms with Gasteiger partial charge in [0.15, 0.2) is 0 Å². The molecule has 0 amide bonds. The van der Waals surface area contributed by atoms with E-state index >= 15 is 0 Å². The van der Waals surface area contributed by atoms with Crippen LogP contribution in [-0.4, -0.2) is 40.5 Å². The Morgan fingerprint density at radius 3 is 2.82 bits per heavy atom. The lowest BCUT2D eigenvalue weighted by molar-refractivity contribution is 0.219. The number of aromatic nitrogens is 2. The van der Waals surface area contributed by atoms with E-state index in [0.717, 1.165) is 18.7 Å². The van der Waals surface area contributed by atoms with E-state index in [1.54, 1.807) is 12.4 Å². The van der Waals surface area contributed by atoms with Gasteiger partial charge in [-0.05, 0) is 25.8 Å². The molecule has 1 aromatic heterocycles. The van der Waals surface area contributed by atoms with Crippen LogP contribution in [0.15, 0.2) is 12.4 Å². The van der Waals surface area contributed by atoms with Crippen molar-refractivity contribution in [2.45, 2.75) is 32.2 Å². The van der Waals surface area contributed by atoms with Gasteiger partial charge in [-0.25, -0.2) is 4.98 Å². The van der Waals surface area contributed by atoms with E-state index in [2.05, 4.69) is 27.1 Å². The maximum absolute atomic E-state index is 5.81. The van der Waals surface area contributed by atoms with Gasteiger partial charge in [-0.3, -0.25) is 4.98 Å². The van der Waals surface area contributed by atoms with Gasteiger partial charge >= 0.3 is 0 Å². The summed E-state index contributed by atoms with van der Waals surface area (Å²) in [4.78, 5) is 10.7. The molecule has 4 nitrogen and oxygen atoms in total. The van der Waals surface area contributed by atoms with Gasteiger partial charge < -0.3 is 10.2 Å². The second kappa shape index (κ2) is 6.17. The SMILES string of the molecule is CCCN1CCC(Nc2cncc(Cl)n2)CC1. The highest BCUT2D eigenvalue weighted by molar-refractivity contribution is 6.29. The summed E-state index contributed by atoms with van der Waals surface area (Å²) >= 11 is 5.81. The van der Waals surface area contributed by atoms with Gasteiger partial charge in [-0.2, -0.15) is 0 Å². The van der Waals surface area contributed by atoms with Gasteiger partial charge in [0.05, 0.1) is 12.4 Å². The predicted molar refractivity (Wildman–Crippen MR) is 70.4 cm³/mol. The molecule has 2 rings (SSSR count). The molecule has 94 valence electrons. The van der Waals surface area contributed by atoms with Crippen LogP contribution in [-0.2, 0) is 0 Å². The molecule has 17 heavy (non-hydrogen) atoms. The number of anilines is 1. The molecule has 0 unspecified atom stereocenters. The predicted octanol–water partition coefficient (Wildman–Crippen LogP) is 2.42. The molecule has 1 fully saturated rings. The van der Waals surface area contributed by atoms with Crippen LogP contribution < -0.4 is 5.32 Å². The number of likely N-dealkylation sites (tertiary alicyclic amines) is 1. The Morgan fingerprint density at radius 2 is 2.18 bits per heavy atom. The average Bonchev–Trinajstić information content (AvgIpc) is 2.32. The molecule has 1 N–H and O–H groups in total. The van der Waals surface area contributed by atoms with Crippen LogP contribution in [0.2, 0.25) is 5.15 Å². The molecule has 0 aliphatic carbocycles.